The van der Waals surface area contributed by atoms with Gasteiger partial charge in [-0.15, -0.1) is 0 Å². The number of nitrogens with zero attached hydrogens (tertiary/aromatic N) is 6. The second-order valence-corrected chi connectivity index (χ2v) is 32.1. The zero-order valence-electron chi connectivity index (χ0n) is 60.1. The minimum absolute atomic E-state index is 0.164. The molecule has 9 aliphatic heterocycles. The molecule has 45 heteroatoms. The van der Waals surface area contributed by atoms with Crippen molar-refractivity contribution in [2.24, 2.45) is 0 Å². The minimum Gasteiger partial charge on any atom is -0.486 e. The summed E-state index contributed by atoms with van der Waals surface area (Å²) >= 11 is 0. The number of aromatic nitrogens is 6. The third-order valence-corrected chi connectivity index (χ3v) is 21.8. The molecule has 12 heterocycles. The maximum absolute atomic E-state index is 15.3. The maximum atomic E-state index is 15.3. The number of nitrogens with one attached hydrogen (secondary N) is 3. The predicted molar refractivity (Wildman–Crippen MR) is 366 cm³/mol. The number of carbonyl (C=O) groups is 3. The van der Waals surface area contributed by atoms with Gasteiger partial charge in [0, 0.05) is 42.2 Å². The topological polar surface area (TPSA) is 409 Å². The Morgan fingerprint density at radius 3 is 1.16 bits per heavy atom. The molecular weight excluding hydrogens is 1560 g/mol. The Balaban J connectivity index is 0.000000146. The first kappa shape index (κ1) is 80.4. The summed E-state index contributed by atoms with van der Waals surface area (Å²) in [6, 6.07) is 17.2. The standard InChI is InChI=1S/C23H26F2N3O9P.C22H24F2N3O9P.C21H22F2N3O9P/c1-12(2)36-38(31)33-10-16-18(37-38)23(24,25)20(34-16)28-8-7-17(27-21(28)30)26-19(29)13-5-6-14-15(9-13)35-22(3,4)11-32-14;1-11(2)35-37(30)32-10-16-18(36-37)22(23,24)20(34-16)27-7-6-17(26-21(27)29)25-19(28)13-4-5-14-15(8-13)33-12(3)9-31-14;1-10(2)34-36(29)30-9-15-17(35-36)21(22,23)19(33-15)26-7-6-16(25-20(26)28)24-18(27)12-4-5-13-14(8-12)32-11(3)31-13/h5-9,12,16,18,20H,10-11H2,1-4H3,(H,26,27,29,30);4-8,11-12,16,18,20H,9-10H2,1-3H3,(H,25,26,28,29);4-8,10-11,15,17,19H,9H2,1-3H3,(H,24,25,27,28)/t16-,18-,20?,38?;12?,16-,18-,20?,37?;11?,15-,17-,19?,36?/m111/s1. The number of anilines is 3. The molecule has 14 atom stereocenters. The Hall–Kier alpha value is -8.70. The van der Waals surface area contributed by atoms with Crippen LogP contribution in [-0.4, -0.2) is 170 Å². The lowest BCUT2D eigenvalue weighted by Crippen LogP contribution is -2.45. The number of ether oxygens (including phenoxy) is 9. The van der Waals surface area contributed by atoms with Gasteiger partial charge in [0.2, 0.25) is 25.0 Å². The number of amides is 3. The van der Waals surface area contributed by atoms with Crippen molar-refractivity contribution in [1.82, 2.24) is 28.7 Å². The summed E-state index contributed by atoms with van der Waals surface area (Å²) in [7, 11) is -12.7. The van der Waals surface area contributed by atoms with Gasteiger partial charge in [-0.05, 0) is 135 Å². The van der Waals surface area contributed by atoms with Crippen LogP contribution in [0.4, 0.5) is 43.8 Å². The maximum Gasteiger partial charge on any atom is 0.475 e. The van der Waals surface area contributed by atoms with Crippen molar-refractivity contribution in [1.29, 1.82) is 0 Å². The summed E-state index contributed by atoms with van der Waals surface area (Å²) in [5.74, 6) is -11.0. The molecule has 0 aliphatic carbocycles. The van der Waals surface area contributed by atoms with Crippen LogP contribution in [0.5, 0.6) is 34.5 Å². The Morgan fingerprint density at radius 2 is 0.802 bits per heavy atom. The largest absolute Gasteiger partial charge is 0.486 e. The van der Waals surface area contributed by atoms with Crippen molar-refractivity contribution in [3.8, 4) is 34.5 Å². The summed E-state index contributed by atoms with van der Waals surface area (Å²) in [5.41, 5.74) is -3.29. The molecular formula is C66H72F6N9O27P3. The smallest absolute Gasteiger partial charge is 0.475 e. The van der Waals surface area contributed by atoms with E-state index in [1.807, 2.05) is 20.8 Å². The molecule has 6 fully saturated rings. The zero-order valence-corrected chi connectivity index (χ0v) is 62.8. The third kappa shape index (κ3) is 17.2. The number of hydrogen-bond donors (Lipinski definition) is 3. The lowest BCUT2D eigenvalue weighted by molar-refractivity contribution is -0.139. The molecule has 0 radical (unpaired) electrons. The number of phosphoric ester groups is 3. The molecule has 111 heavy (non-hydrogen) atoms. The average Bonchev–Trinajstić information content (AvgIpc) is 1.60. The summed E-state index contributed by atoms with van der Waals surface area (Å²) in [6.45, 7) is 15.8. The number of fused-ring (bicyclic) bond motifs is 6. The number of alkyl halides is 6. The van der Waals surface area contributed by atoms with Crippen molar-refractivity contribution in [3.63, 3.8) is 0 Å². The van der Waals surface area contributed by atoms with E-state index in [1.54, 1.807) is 66.7 Å². The van der Waals surface area contributed by atoms with E-state index in [0.717, 1.165) is 18.6 Å². The molecule has 0 saturated carbocycles. The van der Waals surface area contributed by atoms with Gasteiger partial charge in [0.05, 0.1) is 38.1 Å². The van der Waals surface area contributed by atoms with Crippen molar-refractivity contribution in [2.75, 3.05) is 49.0 Å². The Morgan fingerprint density at radius 1 is 0.468 bits per heavy atom. The molecule has 8 unspecified atom stereocenters. The fourth-order valence-corrected chi connectivity index (χ4v) is 16.9. The van der Waals surface area contributed by atoms with E-state index in [2.05, 4.69) is 30.9 Å². The van der Waals surface area contributed by atoms with Crippen molar-refractivity contribution >= 4 is 58.6 Å². The van der Waals surface area contributed by atoms with Gasteiger partial charge in [0.15, 0.2) is 52.8 Å². The number of phosphoric acid groups is 3. The number of halogens is 6. The monoisotopic (exact) mass is 1630 g/mol. The van der Waals surface area contributed by atoms with Crippen LogP contribution in [0.1, 0.15) is 119 Å². The molecule has 0 spiro atoms. The zero-order chi connectivity index (χ0) is 79.8. The third-order valence-electron chi connectivity index (χ3n) is 16.9. The van der Waals surface area contributed by atoms with Crippen LogP contribution >= 0.6 is 23.5 Å². The second-order valence-electron chi connectivity index (χ2n) is 27.4. The van der Waals surface area contributed by atoms with E-state index in [9.17, 15) is 42.5 Å². The molecule has 15 rings (SSSR count). The highest BCUT2D eigenvalue weighted by molar-refractivity contribution is 7.49. The van der Waals surface area contributed by atoms with Gasteiger partial charge in [-0.2, -0.15) is 41.3 Å². The van der Waals surface area contributed by atoms with Gasteiger partial charge < -0.3 is 58.6 Å². The van der Waals surface area contributed by atoms with Crippen molar-refractivity contribution in [3.05, 3.63) is 140 Å². The van der Waals surface area contributed by atoms with E-state index < -0.39 is 181 Å². The van der Waals surface area contributed by atoms with Crippen LogP contribution in [0.25, 0.3) is 0 Å². The average molecular weight is 1630 g/mol. The summed E-state index contributed by atoms with van der Waals surface area (Å²) in [5, 5.41) is 7.34. The molecule has 3 amide bonds. The summed E-state index contributed by atoms with van der Waals surface area (Å²) < 4.78 is 225. The highest BCUT2D eigenvalue weighted by Crippen LogP contribution is 2.63. The highest BCUT2D eigenvalue weighted by atomic mass is 31.2. The fraction of sp³-hybridized carbons (Fsp3) is 0.500. The summed E-state index contributed by atoms with van der Waals surface area (Å²) in [6.07, 6.45) is -15.6. The minimum atomic E-state index is -4.24. The van der Waals surface area contributed by atoms with Crippen LogP contribution in [-0.2, 0) is 68.6 Å². The lowest BCUT2D eigenvalue weighted by atomic mass is 10.1. The Kier molecular flexibility index (Phi) is 22.2. The van der Waals surface area contributed by atoms with E-state index in [0.29, 0.717) is 61.4 Å². The normalized spacial score (nSPS) is 29.8. The molecule has 6 saturated heterocycles. The first-order valence-electron chi connectivity index (χ1n) is 34.2. The fourth-order valence-electron chi connectivity index (χ4n) is 12.2. The molecule has 0 bridgehead atoms. The van der Waals surface area contributed by atoms with Crippen molar-refractivity contribution < 1.29 is 138 Å². The van der Waals surface area contributed by atoms with Crippen LogP contribution in [0.3, 0.4) is 0 Å². The molecule has 3 aromatic carbocycles. The summed E-state index contributed by atoms with van der Waals surface area (Å²) in [4.78, 5) is 87.0. The Bertz CT molecular complexity index is 4940. The van der Waals surface area contributed by atoms with Crippen LogP contribution in [0.2, 0.25) is 0 Å². The van der Waals surface area contributed by atoms with E-state index in [-0.39, 0.29) is 40.2 Å². The molecule has 9 aliphatic rings. The van der Waals surface area contributed by atoms with Crippen LogP contribution in [0.15, 0.2) is 106 Å². The molecule has 36 nitrogen and oxygen atoms in total. The molecule has 6 aromatic rings. The van der Waals surface area contributed by atoms with Gasteiger partial charge in [0.1, 0.15) is 60.7 Å². The molecule has 3 N–H and O–H groups in total. The van der Waals surface area contributed by atoms with E-state index in [1.165, 1.54) is 54.6 Å². The SMILES string of the molecule is CC(C)OP1(=O)OC[C@H]2OC(n3ccc(NC(=O)c4ccc5c(c4)OC(C)(C)CO5)nc3=O)C(F)(F)[C@@H]2O1.CC(C)OP1(=O)OC[C@H]2OC(n3ccc(NC(=O)c4ccc5c(c4)OC(C)CO5)nc3=O)C(F)(F)[C@@H]2O1.CC(C)OP1(=O)OC[C@H]2OC(n3ccc(NC(=O)c4ccc5c(c4)OC(C)O5)nc3=O)C(F)(F)[C@@H]2O1. The highest BCUT2D eigenvalue weighted by Gasteiger charge is 2.68. The van der Waals surface area contributed by atoms with Crippen LogP contribution in [0, 0.1) is 0 Å². The van der Waals surface area contributed by atoms with Gasteiger partial charge in [0.25, 0.3) is 17.7 Å². The molecule has 600 valence electrons. The number of benzene rings is 3. The number of carbonyl (C=O) groups excluding carboxylic acids is 3. The number of rotatable bonds is 15. The predicted octanol–water partition coefficient (Wildman–Crippen LogP) is 9.76. The van der Waals surface area contributed by atoms with Gasteiger partial charge >= 0.3 is 58.3 Å². The lowest BCUT2D eigenvalue weighted by Gasteiger charge is -2.32. The Labute approximate surface area is 624 Å². The number of hydrogen-bond acceptors (Lipinski definition) is 30. The molecule has 3 aromatic heterocycles. The van der Waals surface area contributed by atoms with Crippen LogP contribution < -0.4 is 61.4 Å². The first-order chi connectivity index (χ1) is 52.2. The van der Waals surface area contributed by atoms with E-state index >= 15 is 26.3 Å². The quantitative estimate of drug-likeness (QED) is 0.0635. The first-order valence-corrected chi connectivity index (χ1v) is 38.6. The van der Waals surface area contributed by atoms with Gasteiger partial charge in [-0.1, -0.05) is 0 Å². The second kappa shape index (κ2) is 30.7. The van der Waals surface area contributed by atoms with E-state index in [4.69, 9.17) is 83.3 Å². The van der Waals surface area contributed by atoms with Crippen molar-refractivity contribution in [2.45, 2.75) is 179 Å². The van der Waals surface area contributed by atoms with Gasteiger partial charge in [-0.3, -0.25) is 68.8 Å². The van der Waals surface area contributed by atoms with Gasteiger partial charge in [-0.25, -0.2) is 28.1 Å².